The lowest BCUT2D eigenvalue weighted by molar-refractivity contribution is 0.755. The molecule has 0 saturated carbocycles. The van der Waals surface area contributed by atoms with Crippen LogP contribution in [-0.4, -0.2) is 24.7 Å². The van der Waals surface area contributed by atoms with Gasteiger partial charge >= 0.3 is 5.69 Å². The van der Waals surface area contributed by atoms with Crippen molar-refractivity contribution in [3.63, 3.8) is 0 Å². The first-order valence-corrected chi connectivity index (χ1v) is 7.67. The zero-order chi connectivity index (χ0) is 15.1. The number of imidazole rings is 1. The van der Waals surface area contributed by atoms with Gasteiger partial charge in [0.1, 0.15) is 5.82 Å². The predicted octanol–water partition coefficient (Wildman–Crippen LogP) is 2.53. The van der Waals surface area contributed by atoms with E-state index in [0.717, 1.165) is 11.4 Å². The summed E-state index contributed by atoms with van der Waals surface area (Å²) in [4.78, 5) is 19.6. The Bertz CT molecular complexity index is 1010. The Hall–Kier alpha value is -2.67. The second-order valence-corrected chi connectivity index (χ2v) is 6.29. The van der Waals surface area contributed by atoms with Crippen LogP contribution in [-0.2, 0) is 6.54 Å². The van der Waals surface area contributed by atoms with Crippen molar-refractivity contribution in [2.24, 2.45) is 0 Å². The average Bonchev–Trinajstić information content (AvgIpc) is 3.18. The van der Waals surface area contributed by atoms with Crippen LogP contribution in [0.3, 0.4) is 0 Å². The van der Waals surface area contributed by atoms with Gasteiger partial charge in [-0.25, -0.2) is 14.9 Å². The molecule has 4 rings (SSSR count). The van der Waals surface area contributed by atoms with E-state index >= 15 is 0 Å². The minimum Gasteiger partial charge on any atom is -0.323 e. The van der Waals surface area contributed by atoms with Crippen molar-refractivity contribution in [3.05, 3.63) is 57.8 Å². The highest BCUT2D eigenvalue weighted by Crippen LogP contribution is 2.37. The van der Waals surface area contributed by atoms with Crippen LogP contribution >= 0.6 is 11.3 Å². The lowest BCUT2D eigenvalue weighted by Crippen LogP contribution is -2.05. The number of aromatic amines is 2. The van der Waals surface area contributed by atoms with Gasteiger partial charge in [0.25, 0.3) is 0 Å². The lowest BCUT2D eigenvalue weighted by Gasteiger charge is -2.06. The minimum atomic E-state index is -0.297. The van der Waals surface area contributed by atoms with E-state index in [1.807, 2.05) is 22.9 Å². The standard InChI is InChI=1S/C15H13N5OS/c1-9-13(10-4-2-3-5-11(10)22-9)14-16-6-7-20(14)8-12-17-15(21)19-18-12/h2-7H,8H2,1H3,(H2,17,18,19,21). The van der Waals surface area contributed by atoms with Gasteiger partial charge in [-0.2, -0.15) is 5.10 Å². The normalized spacial score (nSPS) is 11.3. The zero-order valence-corrected chi connectivity index (χ0v) is 12.6. The van der Waals surface area contributed by atoms with E-state index < -0.39 is 0 Å². The maximum absolute atomic E-state index is 11.2. The summed E-state index contributed by atoms with van der Waals surface area (Å²) in [5.74, 6) is 1.47. The van der Waals surface area contributed by atoms with Crippen molar-refractivity contribution < 1.29 is 0 Å². The Balaban J connectivity index is 1.84. The van der Waals surface area contributed by atoms with Crippen LogP contribution in [0, 0.1) is 6.92 Å². The number of H-pyrrole nitrogens is 2. The molecular weight excluding hydrogens is 298 g/mol. The Kier molecular flexibility index (Phi) is 2.93. The molecule has 0 aliphatic heterocycles. The molecule has 0 bridgehead atoms. The smallest absolute Gasteiger partial charge is 0.323 e. The average molecular weight is 311 g/mol. The van der Waals surface area contributed by atoms with E-state index in [1.54, 1.807) is 17.5 Å². The highest BCUT2D eigenvalue weighted by Gasteiger charge is 2.16. The molecule has 0 unspecified atom stereocenters. The summed E-state index contributed by atoms with van der Waals surface area (Å²) in [7, 11) is 0. The molecule has 1 aromatic carbocycles. The molecule has 110 valence electrons. The van der Waals surface area contributed by atoms with E-state index in [2.05, 4.69) is 39.2 Å². The number of fused-ring (bicyclic) bond motifs is 1. The number of rotatable bonds is 3. The third-order valence-electron chi connectivity index (χ3n) is 3.58. The maximum Gasteiger partial charge on any atom is 0.340 e. The Morgan fingerprint density at radius 3 is 3.00 bits per heavy atom. The van der Waals surface area contributed by atoms with Crippen molar-refractivity contribution in [2.45, 2.75) is 13.5 Å². The first-order valence-electron chi connectivity index (χ1n) is 6.85. The van der Waals surface area contributed by atoms with E-state index in [4.69, 9.17) is 0 Å². The third-order valence-corrected chi connectivity index (χ3v) is 4.67. The molecule has 0 fully saturated rings. The van der Waals surface area contributed by atoms with Crippen molar-refractivity contribution >= 4 is 21.4 Å². The third kappa shape index (κ3) is 2.06. The first-order chi connectivity index (χ1) is 10.7. The molecule has 0 aliphatic carbocycles. The molecule has 2 N–H and O–H groups in total. The maximum atomic E-state index is 11.2. The molecule has 0 saturated heterocycles. The second kappa shape index (κ2) is 4.96. The number of hydrogen-bond acceptors (Lipinski definition) is 4. The first kappa shape index (κ1) is 13.0. The highest BCUT2D eigenvalue weighted by molar-refractivity contribution is 7.19. The van der Waals surface area contributed by atoms with Crippen LogP contribution < -0.4 is 5.69 Å². The number of nitrogens with one attached hydrogen (secondary N) is 2. The largest absolute Gasteiger partial charge is 0.340 e. The summed E-state index contributed by atoms with van der Waals surface area (Å²) in [6.07, 6.45) is 3.67. The van der Waals surface area contributed by atoms with E-state index in [1.165, 1.54) is 15.0 Å². The van der Waals surface area contributed by atoms with Crippen LogP contribution in [0.15, 0.2) is 41.5 Å². The minimum absolute atomic E-state index is 0.297. The van der Waals surface area contributed by atoms with Crippen molar-refractivity contribution in [3.8, 4) is 11.4 Å². The summed E-state index contributed by atoms with van der Waals surface area (Å²) in [6.45, 7) is 2.58. The van der Waals surface area contributed by atoms with Gasteiger partial charge in [-0.05, 0) is 13.0 Å². The van der Waals surface area contributed by atoms with E-state index in [0.29, 0.717) is 12.4 Å². The predicted molar refractivity (Wildman–Crippen MR) is 86.1 cm³/mol. The van der Waals surface area contributed by atoms with Gasteiger partial charge in [0.2, 0.25) is 0 Å². The molecule has 3 heterocycles. The summed E-state index contributed by atoms with van der Waals surface area (Å²) < 4.78 is 3.24. The molecule has 7 heteroatoms. The molecule has 0 amide bonds. The zero-order valence-electron chi connectivity index (χ0n) is 11.8. The molecular formula is C15H13N5OS. The van der Waals surface area contributed by atoms with Gasteiger partial charge in [0.15, 0.2) is 5.82 Å². The summed E-state index contributed by atoms with van der Waals surface area (Å²) in [5, 5.41) is 7.54. The Morgan fingerprint density at radius 2 is 2.18 bits per heavy atom. The van der Waals surface area contributed by atoms with Gasteiger partial charge in [0.05, 0.1) is 6.54 Å². The Morgan fingerprint density at radius 1 is 1.32 bits per heavy atom. The van der Waals surface area contributed by atoms with Crippen LogP contribution in [0.4, 0.5) is 0 Å². The number of thiophene rings is 1. The number of benzene rings is 1. The lowest BCUT2D eigenvalue weighted by atomic mass is 10.1. The van der Waals surface area contributed by atoms with E-state index in [9.17, 15) is 4.79 Å². The van der Waals surface area contributed by atoms with Crippen molar-refractivity contribution in [1.29, 1.82) is 0 Å². The van der Waals surface area contributed by atoms with Crippen molar-refractivity contribution in [2.75, 3.05) is 0 Å². The van der Waals surface area contributed by atoms with Gasteiger partial charge in [-0.15, -0.1) is 11.3 Å². The molecule has 0 spiro atoms. The van der Waals surface area contributed by atoms with Crippen LogP contribution in [0.25, 0.3) is 21.5 Å². The number of aromatic nitrogens is 5. The van der Waals surface area contributed by atoms with E-state index in [-0.39, 0.29) is 5.69 Å². The molecule has 0 aliphatic rings. The topological polar surface area (TPSA) is 79.4 Å². The fourth-order valence-corrected chi connectivity index (χ4v) is 3.71. The molecule has 22 heavy (non-hydrogen) atoms. The molecule has 4 aromatic rings. The van der Waals surface area contributed by atoms with Crippen LogP contribution in [0.1, 0.15) is 10.7 Å². The van der Waals surface area contributed by atoms with Gasteiger partial charge < -0.3 is 4.57 Å². The monoisotopic (exact) mass is 311 g/mol. The fourth-order valence-electron chi connectivity index (χ4n) is 2.65. The molecule has 6 nitrogen and oxygen atoms in total. The summed E-state index contributed by atoms with van der Waals surface area (Å²) in [5.41, 5.74) is 0.845. The fraction of sp³-hybridized carbons (Fsp3) is 0.133. The Labute approximate surface area is 129 Å². The summed E-state index contributed by atoms with van der Waals surface area (Å²) in [6, 6.07) is 8.32. The highest BCUT2D eigenvalue weighted by atomic mass is 32.1. The quantitative estimate of drug-likeness (QED) is 0.610. The molecule has 3 aromatic heterocycles. The number of aryl methyl sites for hydroxylation is 1. The molecule has 0 atom stereocenters. The second-order valence-electron chi connectivity index (χ2n) is 5.03. The van der Waals surface area contributed by atoms with Crippen LogP contribution in [0.5, 0.6) is 0 Å². The van der Waals surface area contributed by atoms with Gasteiger partial charge in [-0.3, -0.25) is 4.98 Å². The van der Waals surface area contributed by atoms with Gasteiger partial charge in [-0.1, -0.05) is 18.2 Å². The SMILES string of the molecule is Cc1sc2ccccc2c1-c1nccn1Cc1n[nH]c(=O)[nH]1. The van der Waals surface area contributed by atoms with Gasteiger partial charge in [0, 0.05) is 32.9 Å². The summed E-state index contributed by atoms with van der Waals surface area (Å²) >= 11 is 1.76. The van der Waals surface area contributed by atoms with Crippen LogP contribution in [0.2, 0.25) is 0 Å². The molecule has 0 radical (unpaired) electrons. The number of nitrogens with zero attached hydrogens (tertiary/aromatic N) is 3. The number of hydrogen-bond donors (Lipinski definition) is 2. The van der Waals surface area contributed by atoms with Crippen molar-refractivity contribution in [1.82, 2.24) is 24.7 Å².